The molecule has 2 rings (SSSR count). The van der Waals surface area contributed by atoms with Crippen molar-refractivity contribution in [1.82, 2.24) is 5.01 Å². The molecular weight excluding hydrogens is 214 g/mol. The summed E-state index contributed by atoms with van der Waals surface area (Å²) in [6.07, 6.45) is 0.629. The van der Waals surface area contributed by atoms with Gasteiger partial charge in [-0.05, 0) is 12.1 Å². The second kappa shape index (κ2) is 4.31. The molecule has 1 aliphatic rings. The molecule has 1 aliphatic heterocycles. The Balaban J connectivity index is 1.99. The molecule has 2 amide bonds. The number of hydrazone groups is 1. The first-order valence-electron chi connectivity index (χ1n) is 4.62. The predicted octanol–water partition coefficient (Wildman–Crippen LogP) is 2.48. The topological polar surface area (TPSA) is 44.7 Å². The van der Waals surface area contributed by atoms with E-state index in [9.17, 15) is 4.79 Å². The summed E-state index contributed by atoms with van der Waals surface area (Å²) in [5, 5.41) is 8.41. The van der Waals surface area contributed by atoms with Crippen LogP contribution in [0, 0.1) is 0 Å². The summed E-state index contributed by atoms with van der Waals surface area (Å²) < 4.78 is 0. The van der Waals surface area contributed by atoms with Crippen molar-refractivity contribution in [2.75, 3.05) is 11.9 Å². The standard InChI is InChI=1S/C10H10ClN3O/c11-9-6-7-14(13-9)10(15)12-8-4-2-1-3-5-8/h1-5H,6-7H2,(H,12,15). The Labute approximate surface area is 92.5 Å². The van der Waals surface area contributed by atoms with Gasteiger partial charge in [-0.2, -0.15) is 5.10 Å². The van der Waals surface area contributed by atoms with Crippen LogP contribution in [-0.4, -0.2) is 22.8 Å². The van der Waals surface area contributed by atoms with Crippen molar-refractivity contribution in [2.45, 2.75) is 6.42 Å². The zero-order chi connectivity index (χ0) is 10.7. The van der Waals surface area contributed by atoms with Gasteiger partial charge in [-0.1, -0.05) is 29.8 Å². The van der Waals surface area contributed by atoms with Crippen LogP contribution in [0.25, 0.3) is 0 Å². The van der Waals surface area contributed by atoms with Crippen LogP contribution in [0.2, 0.25) is 0 Å². The number of urea groups is 1. The minimum Gasteiger partial charge on any atom is -0.306 e. The summed E-state index contributed by atoms with van der Waals surface area (Å²) in [5.74, 6) is 0. The molecule has 0 atom stereocenters. The minimum atomic E-state index is -0.253. The van der Waals surface area contributed by atoms with Crippen LogP contribution < -0.4 is 5.32 Å². The first kappa shape index (κ1) is 9.98. The van der Waals surface area contributed by atoms with Gasteiger partial charge in [0.05, 0.1) is 6.54 Å². The van der Waals surface area contributed by atoms with Gasteiger partial charge in [0.25, 0.3) is 0 Å². The molecule has 1 heterocycles. The van der Waals surface area contributed by atoms with Crippen molar-refractivity contribution < 1.29 is 4.79 Å². The Hall–Kier alpha value is -1.55. The van der Waals surface area contributed by atoms with E-state index in [2.05, 4.69) is 10.4 Å². The van der Waals surface area contributed by atoms with Gasteiger partial charge in [0.15, 0.2) is 0 Å². The van der Waals surface area contributed by atoms with Crippen LogP contribution >= 0.6 is 11.6 Å². The number of carbonyl (C=O) groups excluding carboxylic acids is 1. The predicted molar refractivity (Wildman–Crippen MR) is 60.1 cm³/mol. The maximum atomic E-state index is 11.6. The van der Waals surface area contributed by atoms with Gasteiger partial charge in [-0.3, -0.25) is 0 Å². The second-order valence-corrected chi connectivity index (χ2v) is 3.58. The summed E-state index contributed by atoms with van der Waals surface area (Å²) in [6.45, 7) is 0.539. The molecule has 0 aromatic heterocycles. The lowest BCUT2D eigenvalue weighted by molar-refractivity contribution is 0.219. The molecule has 0 aliphatic carbocycles. The van der Waals surface area contributed by atoms with Crippen LogP contribution in [0.5, 0.6) is 0 Å². The van der Waals surface area contributed by atoms with Gasteiger partial charge in [0.2, 0.25) is 0 Å². The molecule has 0 bridgehead atoms. The van der Waals surface area contributed by atoms with Crippen molar-refractivity contribution >= 4 is 28.5 Å². The van der Waals surface area contributed by atoms with Crippen LogP contribution in [0.1, 0.15) is 6.42 Å². The maximum Gasteiger partial charge on any atom is 0.342 e. The molecule has 0 radical (unpaired) electrons. The second-order valence-electron chi connectivity index (χ2n) is 3.15. The van der Waals surface area contributed by atoms with E-state index in [0.717, 1.165) is 5.69 Å². The molecule has 0 saturated carbocycles. The first-order chi connectivity index (χ1) is 7.25. The molecule has 5 heteroatoms. The highest BCUT2D eigenvalue weighted by atomic mass is 35.5. The number of amides is 2. The summed E-state index contributed by atoms with van der Waals surface area (Å²) in [7, 11) is 0. The maximum absolute atomic E-state index is 11.6. The summed E-state index contributed by atoms with van der Waals surface area (Å²) in [5.41, 5.74) is 0.751. The lowest BCUT2D eigenvalue weighted by Crippen LogP contribution is -2.28. The molecule has 15 heavy (non-hydrogen) atoms. The van der Waals surface area contributed by atoms with Crippen molar-refractivity contribution in [1.29, 1.82) is 0 Å². The van der Waals surface area contributed by atoms with Crippen LogP contribution in [0.15, 0.2) is 35.4 Å². The van der Waals surface area contributed by atoms with E-state index in [-0.39, 0.29) is 6.03 Å². The lowest BCUT2D eigenvalue weighted by Gasteiger charge is -2.12. The van der Waals surface area contributed by atoms with E-state index in [0.29, 0.717) is 18.1 Å². The average molecular weight is 224 g/mol. The number of hydrogen-bond donors (Lipinski definition) is 1. The highest BCUT2D eigenvalue weighted by Gasteiger charge is 2.19. The number of benzene rings is 1. The third kappa shape index (κ3) is 2.47. The van der Waals surface area contributed by atoms with E-state index < -0.39 is 0 Å². The first-order valence-corrected chi connectivity index (χ1v) is 5.00. The van der Waals surface area contributed by atoms with Crippen molar-refractivity contribution in [3.05, 3.63) is 30.3 Å². The van der Waals surface area contributed by atoms with E-state index in [4.69, 9.17) is 11.6 Å². The number of carbonyl (C=O) groups is 1. The van der Waals surface area contributed by atoms with E-state index in [1.54, 1.807) is 0 Å². The number of halogens is 1. The van der Waals surface area contributed by atoms with E-state index >= 15 is 0 Å². The van der Waals surface area contributed by atoms with Crippen LogP contribution in [0.3, 0.4) is 0 Å². The molecular formula is C10H10ClN3O. The fourth-order valence-electron chi connectivity index (χ4n) is 1.29. The molecule has 0 saturated heterocycles. The average Bonchev–Trinajstić information content (AvgIpc) is 2.66. The Bertz CT molecular complexity index is 391. The summed E-state index contributed by atoms with van der Waals surface area (Å²) in [6, 6.07) is 8.99. The number of nitrogens with zero attached hydrogens (tertiary/aromatic N) is 2. The molecule has 1 aromatic carbocycles. The van der Waals surface area contributed by atoms with Gasteiger partial charge in [0, 0.05) is 12.1 Å². The molecule has 1 aromatic rings. The third-order valence-electron chi connectivity index (χ3n) is 2.02. The van der Waals surface area contributed by atoms with Gasteiger partial charge < -0.3 is 5.32 Å². The molecule has 78 valence electrons. The quantitative estimate of drug-likeness (QED) is 0.781. The smallest absolute Gasteiger partial charge is 0.306 e. The zero-order valence-electron chi connectivity index (χ0n) is 7.98. The molecule has 1 N–H and O–H groups in total. The van der Waals surface area contributed by atoms with Crippen LogP contribution in [0.4, 0.5) is 10.5 Å². The van der Waals surface area contributed by atoms with Gasteiger partial charge in [-0.25, -0.2) is 9.80 Å². The number of hydrogen-bond acceptors (Lipinski definition) is 2. The fourth-order valence-corrected chi connectivity index (χ4v) is 1.46. The normalized spacial score (nSPS) is 15.0. The Morgan fingerprint density at radius 1 is 1.40 bits per heavy atom. The fraction of sp³-hybridized carbons (Fsp3) is 0.200. The van der Waals surface area contributed by atoms with Gasteiger partial charge in [-0.15, -0.1) is 0 Å². The van der Waals surface area contributed by atoms with E-state index in [1.807, 2.05) is 30.3 Å². The summed E-state index contributed by atoms with van der Waals surface area (Å²) in [4.78, 5) is 11.6. The Morgan fingerprint density at radius 2 is 2.13 bits per heavy atom. The molecule has 0 unspecified atom stereocenters. The number of anilines is 1. The van der Waals surface area contributed by atoms with Crippen molar-refractivity contribution in [2.24, 2.45) is 5.10 Å². The molecule has 0 fully saturated rings. The van der Waals surface area contributed by atoms with E-state index in [1.165, 1.54) is 5.01 Å². The third-order valence-corrected chi connectivity index (χ3v) is 2.28. The van der Waals surface area contributed by atoms with Gasteiger partial charge in [0.1, 0.15) is 5.17 Å². The lowest BCUT2D eigenvalue weighted by atomic mass is 10.3. The summed E-state index contributed by atoms with van der Waals surface area (Å²) >= 11 is 5.68. The van der Waals surface area contributed by atoms with Crippen molar-refractivity contribution in [3.8, 4) is 0 Å². The molecule has 4 nitrogen and oxygen atoms in total. The van der Waals surface area contributed by atoms with Crippen molar-refractivity contribution in [3.63, 3.8) is 0 Å². The Kier molecular flexibility index (Phi) is 2.87. The largest absolute Gasteiger partial charge is 0.342 e. The van der Waals surface area contributed by atoms with Crippen LogP contribution in [-0.2, 0) is 0 Å². The highest BCUT2D eigenvalue weighted by Crippen LogP contribution is 2.12. The number of nitrogens with one attached hydrogen (secondary N) is 1. The highest BCUT2D eigenvalue weighted by molar-refractivity contribution is 6.65. The van der Waals surface area contributed by atoms with Gasteiger partial charge >= 0.3 is 6.03 Å². The number of para-hydroxylation sites is 1. The molecule has 0 spiro atoms. The Morgan fingerprint density at radius 3 is 2.73 bits per heavy atom. The minimum absolute atomic E-state index is 0.253. The SMILES string of the molecule is O=C(Nc1ccccc1)N1CCC(Cl)=N1. The zero-order valence-corrected chi connectivity index (χ0v) is 8.74. The monoisotopic (exact) mass is 223 g/mol. The number of rotatable bonds is 1.